The summed E-state index contributed by atoms with van der Waals surface area (Å²) in [7, 11) is 0. The number of aliphatic hydroxyl groups excluding tert-OH is 1. The molecule has 2 aliphatic heterocycles. The lowest BCUT2D eigenvalue weighted by Crippen LogP contribution is -2.38. The number of morpholine rings is 1. The molecule has 5 heteroatoms. The standard InChI is InChI=1S/C17H26N2O3/c20-16-4-5-19(14-16)13-15-2-1-3-17(12-15)22-11-8-18-6-9-21-10-7-18/h1-3,12,16,20H,4-11,13-14H2/t16-/m1/s1. The summed E-state index contributed by atoms with van der Waals surface area (Å²) in [6.07, 6.45) is 0.725. The van der Waals surface area contributed by atoms with Gasteiger partial charge in [-0.05, 0) is 24.1 Å². The van der Waals surface area contributed by atoms with Crippen LogP contribution in [0.4, 0.5) is 0 Å². The van der Waals surface area contributed by atoms with E-state index in [-0.39, 0.29) is 6.10 Å². The van der Waals surface area contributed by atoms with Crippen LogP contribution in [0.3, 0.4) is 0 Å². The molecule has 0 radical (unpaired) electrons. The van der Waals surface area contributed by atoms with Crippen molar-refractivity contribution in [1.82, 2.24) is 9.80 Å². The van der Waals surface area contributed by atoms with Crippen molar-refractivity contribution in [3.63, 3.8) is 0 Å². The van der Waals surface area contributed by atoms with E-state index in [1.807, 2.05) is 12.1 Å². The second kappa shape index (κ2) is 7.92. The van der Waals surface area contributed by atoms with Crippen LogP contribution in [0.1, 0.15) is 12.0 Å². The van der Waals surface area contributed by atoms with Gasteiger partial charge in [-0.1, -0.05) is 12.1 Å². The highest BCUT2D eigenvalue weighted by Gasteiger charge is 2.20. The van der Waals surface area contributed by atoms with Gasteiger partial charge in [0.15, 0.2) is 0 Å². The molecular formula is C17H26N2O3. The van der Waals surface area contributed by atoms with Gasteiger partial charge in [0.25, 0.3) is 0 Å². The van der Waals surface area contributed by atoms with E-state index in [0.29, 0.717) is 6.61 Å². The Morgan fingerprint density at radius 2 is 2.05 bits per heavy atom. The van der Waals surface area contributed by atoms with E-state index in [1.165, 1.54) is 5.56 Å². The van der Waals surface area contributed by atoms with E-state index in [0.717, 1.165) is 64.7 Å². The summed E-state index contributed by atoms with van der Waals surface area (Å²) in [5.74, 6) is 0.936. The third kappa shape index (κ3) is 4.68. The molecule has 0 amide bonds. The first-order valence-electron chi connectivity index (χ1n) is 8.22. The summed E-state index contributed by atoms with van der Waals surface area (Å²) < 4.78 is 11.2. The first kappa shape index (κ1) is 15.7. The number of benzene rings is 1. The maximum atomic E-state index is 9.59. The van der Waals surface area contributed by atoms with Crippen molar-refractivity contribution >= 4 is 0 Å². The molecule has 0 saturated carbocycles. The molecule has 0 unspecified atom stereocenters. The third-order valence-electron chi connectivity index (χ3n) is 4.33. The molecule has 0 bridgehead atoms. The van der Waals surface area contributed by atoms with Gasteiger partial charge in [-0.3, -0.25) is 9.80 Å². The van der Waals surface area contributed by atoms with Crippen LogP contribution < -0.4 is 4.74 Å². The van der Waals surface area contributed by atoms with E-state index in [4.69, 9.17) is 9.47 Å². The van der Waals surface area contributed by atoms with Crippen LogP contribution in [-0.4, -0.2) is 73.6 Å². The van der Waals surface area contributed by atoms with Crippen molar-refractivity contribution in [1.29, 1.82) is 0 Å². The van der Waals surface area contributed by atoms with Crippen molar-refractivity contribution in [2.45, 2.75) is 19.1 Å². The second-order valence-electron chi connectivity index (χ2n) is 6.13. The van der Waals surface area contributed by atoms with Crippen LogP contribution in [0.2, 0.25) is 0 Å². The molecule has 1 aromatic carbocycles. The molecule has 0 spiro atoms. The number of ether oxygens (including phenoxy) is 2. The number of hydrogen-bond donors (Lipinski definition) is 1. The number of aliphatic hydroxyl groups is 1. The zero-order valence-corrected chi connectivity index (χ0v) is 13.1. The lowest BCUT2D eigenvalue weighted by Gasteiger charge is -2.26. The normalized spacial score (nSPS) is 23.8. The SMILES string of the molecule is O[C@@H]1CCN(Cc2cccc(OCCN3CCOCC3)c2)C1. The van der Waals surface area contributed by atoms with Crippen molar-refractivity contribution in [3.8, 4) is 5.75 Å². The average molecular weight is 306 g/mol. The van der Waals surface area contributed by atoms with Gasteiger partial charge >= 0.3 is 0 Å². The smallest absolute Gasteiger partial charge is 0.119 e. The first-order valence-corrected chi connectivity index (χ1v) is 8.22. The summed E-state index contributed by atoms with van der Waals surface area (Å²) >= 11 is 0. The minimum atomic E-state index is -0.159. The Morgan fingerprint density at radius 3 is 2.82 bits per heavy atom. The molecule has 122 valence electrons. The molecule has 22 heavy (non-hydrogen) atoms. The predicted molar refractivity (Wildman–Crippen MR) is 85.1 cm³/mol. The van der Waals surface area contributed by atoms with Crippen molar-refractivity contribution < 1.29 is 14.6 Å². The minimum absolute atomic E-state index is 0.159. The fraction of sp³-hybridized carbons (Fsp3) is 0.647. The fourth-order valence-electron chi connectivity index (χ4n) is 3.07. The minimum Gasteiger partial charge on any atom is -0.492 e. The summed E-state index contributed by atoms with van der Waals surface area (Å²) in [6.45, 7) is 7.97. The van der Waals surface area contributed by atoms with Crippen molar-refractivity contribution in [3.05, 3.63) is 29.8 Å². The molecule has 0 aliphatic carbocycles. The highest BCUT2D eigenvalue weighted by Crippen LogP contribution is 2.18. The summed E-state index contributed by atoms with van der Waals surface area (Å²) in [4.78, 5) is 4.66. The Labute approximate surface area is 132 Å². The van der Waals surface area contributed by atoms with Gasteiger partial charge < -0.3 is 14.6 Å². The molecule has 1 N–H and O–H groups in total. The molecule has 0 aromatic heterocycles. The van der Waals surface area contributed by atoms with Crippen LogP contribution in [0.25, 0.3) is 0 Å². The first-order chi connectivity index (χ1) is 10.8. The molecule has 1 atom stereocenters. The Kier molecular flexibility index (Phi) is 5.67. The zero-order valence-electron chi connectivity index (χ0n) is 13.1. The number of nitrogens with zero attached hydrogens (tertiary/aromatic N) is 2. The number of rotatable bonds is 6. The summed E-state index contributed by atoms with van der Waals surface area (Å²) in [6, 6.07) is 8.30. The maximum absolute atomic E-state index is 9.59. The Morgan fingerprint density at radius 1 is 1.18 bits per heavy atom. The molecule has 2 aliphatic rings. The Balaban J connectivity index is 1.44. The van der Waals surface area contributed by atoms with Gasteiger partial charge in [0.1, 0.15) is 12.4 Å². The van der Waals surface area contributed by atoms with Crippen LogP contribution in [-0.2, 0) is 11.3 Å². The predicted octanol–water partition coefficient (Wildman–Crippen LogP) is 0.964. The van der Waals surface area contributed by atoms with Gasteiger partial charge in [0, 0.05) is 39.3 Å². The fourth-order valence-corrected chi connectivity index (χ4v) is 3.07. The van der Waals surface area contributed by atoms with Crippen LogP contribution in [0.5, 0.6) is 5.75 Å². The highest BCUT2D eigenvalue weighted by atomic mass is 16.5. The van der Waals surface area contributed by atoms with Crippen LogP contribution >= 0.6 is 0 Å². The number of likely N-dealkylation sites (tertiary alicyclic amines) is 1. The quantitative estimate of drug-likeness (QED) is 0.848. The number of β-amino-alcohol motifs (C(OH)–C–C–N with tert-alkyl or cyclic N) is 1. The van der Waals surface area contributed by atoms with E-state index >= 15 is 0 Å². The molecule has 2 heterocycles. The van der Waals surface area contributed by atoms with E-state index in [9.17, 15) is 5.11 Å². The molecule has 3 rings (SSSR count). The topological polar surface area (TPSA) is 45.2 Å². The highest BCUT2D eigenvalue weighted by molar-refractivity contribution is 5.28. The van der Waals surface area contributed by atoms with Crippen molar-refractivity contribution in [2.75, 3.05) is 52.5 Å². The van der Waals surface area contributed by atoms with E-state index < -0.39 is 0 Å². The molecule has 2 saturated heterocycles. The monoisotopic (exact) mass is 306 g/mol. The zero-order chi connectivity index (χ0) is 15.2. The van der Waals surface area contributed by atoms with Crippen LogP contribution in [0.15, 0.2) is 24.3 Å². The Hall–Kier alpha value is -1.14. The van der Waals surface area contributed by atoms with Gasteiger partial charge in [0.05, 0.1) is 19.3 Å². The van der Waals surface area contributed by atoms with Crippen LogP contribution in [0, 0.1) is 0 Å². The maximum Gasteiger partial charge on any atom is 0.119 e. The van der Waals surface area contributed by atoms with E-state index in [1.54, 1.807) is 0 Å². The van der Waals surface area contributed by atoms with Gasteiger partial charge in [-0.2, -0.15) is 0 Å². The van der Waals surface area contributed by atoms with Gasteiger partial charge in [-0.25, -0.2) is 0 Å². The average Bonchev–Trinajstić information content (AvgIpc) is 2.94. The molecule has 5 nitrogen and oxygen atoms in total. The molecule has 1 aromatic rings. The largest absolute Gasteiger partial charge is 0.492 e. The molecule has 2 fully saturated rings. The van der Waals surface area contributed by atoms with E-state index in [2.05, 4.69) is 21.9 Å². The lowest BCUT2D eigenvalue weighted by atomic mass is 10.2. The van der Waals surface area contributed by atoms with Crippen molar-refractivity contribution in [2.24, 2.45) is 0 Å². The third-order valence-corrected chi connectivity index (χ3v) is 4.33. The Bertz CT molecular complexity index is 463. The lowest BCUT2D eigenvalue weighted by molar-refractivity contribution is 0.0322. The summed E-state index contributed by atoms with van der Waals surface area (Å²) in [5.41, 5.74) is 1.25. The van der Waals surface area contributed by atoms with Gasteiger partial charge in [-0.15, -0.1) is 0 Å². The molecular weight excluding hydrogens is 280 g/mol. The summed E-state index contributed by atoms with van der Waals surface area (Å²) in [5, 5.41) is 9.59. The second-order valence-corrected chi connectivity index (χ2v) is 6.13. The van der Waals surface area contributed by atoms with Gasteiger partial charge in [0.2, 0.25) is 0 Å². The number of hydrogen-bond acceptors (Lipinski definition) is 5.